The van der Waals surface area contributed by atoms with Gasteiger partial charge in [0.15, 0.2) is 4.34 Å². The van der Waals surface area contributed by atoms with E-state index in [0.29, 0.717) is 5.69 Å². The predicted molar refractivity (Wildman–Crippen MR) is 62.4 cm³/mol. The summed E-state index contributed by atoms with van der Waals surface area (Å²) in [5.74, 6) is -0.512. The molecule has 0 aliphatic heterocycles. The highest BCUT2D eigenvalue weighted by Gasteiger charge is 2.22. The van der Waals surface area contributed by atoms with Crippen LogP contribution >= 0.6 is 22.9 Å². The summed E-state index contributed by atoms with van der Waals surface area (Å²) in [4.78, 5) is 21.9. The zero-order valence-electron chi connectivity index (χ0n) is 8.16. The first-order valence-corrected chi connectivity index (χ1v) is 5.47. The number of halogens is 1. The van der Waals surface area contributed by atoms with Crippen molar-refractivity contribution < 1.29 is 9.72 Å². The molecule has 2 N–H and O–H groups in total. The van der Waals surface area contributed by atoms with Crippen LogP contribution in [0.25, 0.3) is 0 Å². The van der Waals surface area contributed by atoms with Crippen LogP contribution in [0.3, 0.4) is 0 Å². The zero-order chi connectivity index (χ0) is 12.6. The predicted octanol–water partition coefficient (Wildman–Crippen LogP) is 1.78. The minimum Gasteiger partial charge on any atom is -0.396 e. The lowest BCUT2D eigenvalue weighted by Gasteiger charge is -1.94. The number of nitrogens with two attached hydrogens (primary N) is 1. The molecule has 0 radical (unpaired) electrons. The summed E-state index contributed by atoms with van der Waals surface area (Å²) in [6.45, 7) is 0. The molecule has 0 fully saturated rings. The molecule has 0 bridgehead atoms. The van der Waals surface area contributed by atoms with Crippen LogP contribution in [0.2, 0.25) is 4.34 Å². The molecule has 2 heterocycles. The van der Waals surface area contributed by atoms with E-state index in [2.05, 4.69) is 5.10 Å². The summed E-state index contributed by atoms with van der Waals surface area (Å²) in [5.41, 5.74) is 5.45. The molecule has 0 saturated heterocycles. The lowest BCUT2D eigenvalue weighted by atomic mass is 10.4. The molecule has 17 heavy (non-hydrogen) atoms. The number of carbonyl (C=O) groups is 1. The molecule has 2 aromatic heterocycles. The average molecular weight is 273 g/mol. The SMILES string of the molecule is Nc1cnn(C(=O)c2cc([N+](=O)[O-])c(Cl)s2)c1. The van der Waals surface area contributed by atoms with E-state index in [1.54, 1.807) is 0 Å². The van der Waals surface area contributed by atoms with Crippen molar-refractivity contribution in [3.05, 3.63) is 37.8 Å². The Bertz CT molecular complexity index is 606. The van der Waals surface area contributed by atoms with Crippen LogP contribution in [0.4, 0.5) is 11.4 Å². The minimum atomic E-state index is -0.646. The Morgan fingerprint density at radius 2 is 2.35 bits per heavy atom. The standard InChI is InChI=1S/C8H5ClN4O3S/c9-7-5(13(15)16)1-6(17-7)8(14)12-3-4(10)2-11-12/h1-3H,10H2. The zero-order valence-corrected chi connectivity index (χ0v) is 9.73. The molecule has 2 aromatic rings. The molecule has 0 spiro atoms. The molecule has 9 heteroatoms. The molecule has 0 amide bonds. The topological polar surface area (TPSA) is 104 Å². The van der Waals surface area contributed by atoms with Gasteiger partial charge < -0.3 is 5.73 Å². The molecule has 0 aliphatic carbocycles. The maximum atomic E-state index is 11.8. The number of aromatic nitrogens is 2. The van der Waals surface area contributed by atoms with Crippen LogP contribution in [-0.2, 0) is 0 Å². The van der Waals surface area contributed by atoms with Gasteiger partial charge in [-0.05, 0) is 0 Å². The first-order valence-electron chi connectivity index (χ1n) is 4.27. The van der Waals surface area contributed by atoms with E-state index >= 15 is 0 Å². The number of anilines is 1. The fraction of sp³-hybridized carbons (Fsp3) is 0. The minimum absolute atomic E-state index is 0.0431. The van der Waals surface area contributed by atoms with Crippen LogP contribution in [0.15, 0.2) is 18.5 Å². The number of nitrogens with zero attached hydrogens (tertiary/aromatic N) is 3. The molecule has 0 atom stereocenters. The van der Waals surface area contributed by atoms with Gasteiger partial charge in [-0.2, -0.15) is 5.10 Å². The number of rotatable bonds is 2. The van der Waals surface area contributed by atoms with Crippen LogP contribution in [-0.4, -0.2) is 20.6 Å². The van der Waals surface area contributed by atoms with Crippen LogP contribution < -0.4 is 5.73 Å². The highest BCUT2D eigenvalue weighted by Crippen LogP contribution is 2.34. The molecule has 0 aliphatic rings. The molecular weight excluding hydrogens is 268 g/mol. The number of hydrogen-bond acceptors (Lipinski definition) is 6. The molecule has 88 valence electrons. The fourth-order valence-electron chi connectivity index (χ4n) is 1.15. The second kappa shape index (κ2) is 4.15. The van der Waals surface area contributed by atoms with Crippen LogP contribution in [0.1, 0.15) is 9.67 Å². The maximum Gasteiger partial charge on any atom is 0.299 e. The Labute approximate surface area is 104 Å². The molecule has 7 nitrogen and oxygen atoms in total. The van der Waals surface area contributed by atoms with Crippen molar-refractivity contribution in [1.82, 2.24) is 9.78 Å². The second-order valence-electron chi connectivity index (χ2n) is 3.05. The third-order valence-electron chi connectivity index (χ3n) is 1.89. The van der Waals surface area contributed by atoms with Gasteiger partial charge in [0.1, 0.15) is 4.88 Å². The maximum absolute atomic E-state index is 11.8. The van der Waals surface area contributed by atoms with E-state index in [1.807, 2.05) is 0 Å². The molecule has 0 aromatic carbocycles. The Morgan fingerprint density at radius 3 is 2.82 bits per heavy atom. The van der Waals surface area contributed by atoms with Crippen molar-refractivity contribution >= 4 is 40.2 Å². The normalized spacial score (nSPS) is 10.4. The van der Waals surface area contributed by atoms with Gasteiger partial charge in [-0.3, -0.25) is 14.9 Å². The molecule has 0 unspecified atom stereocenters. The number of thiophene rings is 1. The van der Waals surface area contributed by atoms with Gasteiger partial charge in [0.25, 0.3) is 11.6 Å². The van der Waals surface area contributed by atoms with Gasteiger partial charge in [0.05, 0.1) is 23.0 Å². The summed E-state index contributed by atoms with van der Waals surface area (Å²) in [6, 6.07) is 1.12. The number of nitrogen functional groups attached to an aromatic ring is 1. The second-order valence-corrected chi connectivity index (χ2v) is 4.70. The van der Waals surface area contributed by atoms with Crippen molar-refractivity contribution in [1.29, 1.82) is 0 Å². The van der Waals surface area contributed by atoms with E-state index < -0.39 is 10.8 Å². The Morgan fingerprint density at radius 1 is 1.65 bits per heavy atom. The Kier molecular flexibility index (Phi) is 2.82. The van der Waals surface area contributed by atoms with E-state index in [4.69, 9.17) is 17.3 Å². The van der Waals surface area contributed by atoms with Gasteiger partial charge in [-0.25, -0.2) is 4.68 Å². The molecular formula is C8H5ClN4O3S. The summed E-state index contributed by atoms with van der Waals surface area (Å²) in [7, 11) is 0. The first kappa shape index (κ1) is 11.6. The van der Waals surface area contributed by atoms with Crippen LogP contribution in [0.5, 0.6) is 0 Å². The number of hydrogen-bond donors (Lipinski definition) is 1. The quantitative estimate of drug-likeness (QED) is 0.663. The van der Waals surface area contributed by atoms with Gasteiger partial charge in [-0.1, -0.05) is 11.6 Å². The third kappa shape index (κ3) is 2.12. The molecule has 0 saturated carbocycles. The van der Waals surface area contributed by atoms with Gasteiger partial charge >= 0.3 is 0 Å². The third-order valence-corrected chi connectivity index (χ3v) is 3.21. The lowest BCUT2D eigenvalue weighted by molar-refractivity contribution is -0.384. The smallest absolute Gasteiger partial charge is 0.299 e. The lowest BCUT2D eigenvalue weighted by Crippen LogP contribution is -2.10. The Balaban J connectivity index is 2.38. The average Bonchev–Trinajstić information content (AvgIpc) is 2.83. The largest absolute Gasteiger partial charge is 0.396 e. The van der Waals surface area contributed by atoms with Crippen molar-refractivity contribution in [2.24, 2.45) is 0 Å². The van der Waals surface area contributed by atoms with E-state index in [1.165, 1.54) is 12.4 Å². The van der Waals surface area contributed by atoms with E-state index in [-0.39, 0.29) is 14.9 Å². The summed E-state index contributed by atoms with van der Waals surface area (Å²) in [5, 5.41) is 14.3. The van der Waals surface area contributed by atoms with Crippen molar-refractivity contribution in [2.75, 3.05) is 5.73 Å². The van der Waals surface area contributed by atoms with Crippen molar-refractivity contribution in [3.63, 3.8) is 0 Å². The monoisotopic (exact) mass is 272 g/mol. The summed E-state index contributed by atoms with van der Waals surface area (Å²) < 4.78 is 0.958. The van der Waals surface area contributed by atoms with E-state index in [9.17, 15) is 14.9 Å². The summed E-state index contributed by atoms with van der Waals surface area (Å²) >= 11 is 6.47. The van der Waals surface area contributed by atoms with Crippen molar-refractivity contribution in [2.45, 2.75) is 0 Å². The molecule has 2 rings (SSSR count). The van der Waals surface area contributed by atoms with E-state index in [0.717, 1.165) is 22.1 Å². The highest BCUT2D eigenvalue weighted by atomic mass is 35.5. The number of nitro groups is 1. The van der Waals surface area contributed by atoms with Crippen LogP contribution in [0, 0.1) is 10.1 Å². The highest BCUT2D eigenvalue weighted by molar-refractivity contribution is 7.18. The van der Waals surface area contributed by atoms with Gasteiger partial charge in [0.2, 0.25) is 0 Å². The first-order chi connectivity index (χ1) is 7.99. The number of carbonyl (C=O) groups excluding carboxylic acids is 1. The summed E-state index contributed by atoms with van der Waals surface area (Å²) in [6.07, 6.45) is 2.63. The fourth-order valence-corrected chi connectivity index (χ4v) is 2.31. The van der Waals surface area contributed by atoms with Gasteiger partial charge in [0, 0.05) is 6.07 Å². The Hall–Kier alpha value is -1.93. The van der Waals surface area contributed by atoms with Crippen molar-refractivity contribution in [3.8, 4) is 0 Å². The van der Waals surface area contributed by atoms with Gasteiger partial charge in [-0.15, -0.1) is 11.3 Å².